The Hall–Kier alpha value is -2.41. The standard InChI is InChI=1S/C13H8BrN3O3/c14-8-5-11-12(7-20-13(11)15-6-8)16-9-1-3-10(4-2-9)17(18)19/h1-7,16H. The summed E-state index contributed by atoms with van der Waals surface area (Å²) in [5.74, 6) is 0. The molecular formula is C13H8BrN3O3. The molecule has 0 spiro atoms. The molecule has 2 heterocycles. The molecule has 0 saturated heterocycles. The van der Waals surface area contributed by atoms with Gasteiger partial charge in [0.15, 0.2) is 0 Å². The van der Waals surface area contributed by atoms with Crippen LogP contribution in [0.2, 0.25) is 0 Å². The first-order valence-electron chi connectivity index (χ1n) is 5.68. The minimum absolute atomic E-state index is 0.0528. The summed E-state index contributed by atoms with van der Waals surface area (Å²) in [5, 5.41) is 14.6. The van der Waals surface area contributed by atoms with Gasteiger partial charge in [-0.2, -0.15) is 0 Å². The molecule has 6 nitrogen and oxygen atoms in total. The Labute approximate surface area is 121 Å². The lowest BCUT2D eigenvalue weighted by molar-refractivity contribution is -0.384. The summed E-state index contributed by atoms with van der Waals surface area (Å²) >= 11 is 3.36. The number of hydrogen-bond donors (Lipinski definition) is 1. The van der Waals surface area contributed by atoms with Crippen molar-refractivity contribution in [3.63, 3.8) is 0 Å². The zero-order chi connectivity index (χ0) is 14.1. The number of halogens is 1. The number of fused-ring (bicyclic) bond motifs is 1. The fraction of sp³-hybridized carbons (Fsp3) is 0. The van der Waals surface area contributed by atoms with Crippen LogP contribution in [-0.2, 0) is 0 Å². The van der Waals surface area contributed by atoms with Crippen molar-refractivity contribution in [2.24, 2.45) is 0 Å². The van der Waals surface area contributed by atoms with Crippen molar-refractivity contribution < 1.29 is 9.34 Å². The van der Waals surface area contributed by atoms with Crippen LogP contribution in [0, 0.1) is 10.1 Å². The third kappa shape index (κ3) is 2.35. The summed E-state index contributed by atoms with van der Waals surface area (Å²) in [4.78, 5) is 14.3. The molecule has 7 heteroatoms. The largest absolute Gasteiger partial charge is 0.444 e. The van der Waals surface area contributed by atoms with Crippen molar-refractivity contribution >= 4 is 44.1 Å². The van der Waals surface area contributed by atoms with Crippen LogP contribution in [0.3, 0.4) is 0 Å². The molecule has 0 bridgehead atoms. The van der Waals surface area contributed by atoms with E-state index >= 15 is 0 Å². The Balaban J connectivity index is 1.92. The molecule has 20 heavy (non-hydrogen) atoms. The molecule has 0 unspecified atom stereocenters. The molecule has 3 rings (SSSR count). The van der Waals surface area contributed by atoms with E-state index in [0.717, 1.165) is 21.2 Å². The first kappa shape index (κ1) is 12.6. The SMILES string of the molecule is O=[N+]([O-])c1ccc(Nc2coc3ncc(Br)cc23)cc1. The number of aromatic nitrogens is 1. The third-order valence-corrected chi connectivity index (χ3v) is 3.19. The van der Waals surface area contributed by atoms with Gasteiger partial charge in [0.1, 0.15) is 6.26 Å². The quantitative estimate of drug-likeness (QED) is 0.572. The Kier molecular flexibility index (Phi) is 3.11. The van der Waals surface area contributed by atoms with E-state index in [0.29, 0.717) is 5.71 Å². The lowest BCUT2D eigenvalue weighted by Crippen LogP contribution is -1.91. The van der Waals surface area contributed by atoms with Gasteiger partial charge in [-0.3, -0.25) is 10.1 Å². The number of non-ortho nitro benzene ring substituents is 1. The summed E-state index contributed by atoms with van der Waals surface area (Å²) < 4.78 is 6.18. The molecule has 0 fully saturated rings. The van der Waals surface area contributed by atoms with Gasteiger partial charge < -0.3 is 9.73 Å². The van der Waals surface area contributed by atoms with Gasteiger partial charge in [-0.1, -0.05) is 0 Å². The van der Waals surface area contributed by atoms with Crippen LogP contribution in [0.15, 0.2) is 51.7 Å². The maximum absolute atomic E-state index is 10.6. The molecule has 0 amide bonds. The summed E-state index contributed by atoms with van der Waals surface area (Å²) in [7, 11) is 0. The van der Waals surface area contributed by atoms with E-state index in [1.807, 2.05) is 6.07 Å². The number of rotatable bonds is 3. The van der Waals surface area contributed by atoms with Crippen LogP contribution >= 0.6 is 15.9 Å². The fourth-order valence-electron chi connectivity index (χ4n) is 1.81. The Morgan fingerprint density at radius 1 is 1.30 bits per heavy atom. The average Bonchev–Trinajstić information content (AvgIpc) is 2.82. The number of hydrogen-bond acceptors (Lipinski definition) is 5. The Morgan fingerprint density at radius 2 is 2.05 bits per heavy atom. The van der Waals surface area contributed by atoms with Crippen LogP contribution in [0.5, 0.6) is 0 Å². The Bertz CT molecular complexity index is 783. The molecule has 0 saturated carbocycles. The third-order valence-electron chi connectivity index (χ3n) is 2.75. The molecule has 0 aliphatic heterocycles. The second kappa shape index (κ2) is 4.93. The van der Waals surface area contributed by atoms with Crippen LogP contribution < -0.4 is 5.32 Å². The summed E-state index contributed by atoms with van der Waals surface area (Å²) in [6, 6.07) is 8.06. The number of nitro groups is 1. The van der Waals surface area contributed by atoms with Crippen molar-refractivity contribution in [3.8, 4) is 0 Å². The highest BCUT2D eigenvalue weighted by Gasteiger charge is 2.09. The van der Waals surface area contributed by atoms with Crippen LogP contribution in [0.25, 0.3) is 11.1 Å². The van der Waals surface area contributed by atoms with E-state index in [9.17, 15) is 10.1 Å². The van der Waals surface area contributed by atoms with Gasteiger partial charge in [0.05, 0.1) is 16.0 Å². The van der Waals surface area contributed by atoms with Crippen LogP contribution in [-0.4, -0.2) is 9.91 Å². The topological polar surface area (TPSA) is 81.2 Å². The van der Waals surface area contributed by atoms with Gasteiger partial charge in [-0.25, -0.2) is 4.98 Å². The summed E-state index contributed by atoms with van der Waals surface area (Å²) in [5.41, 5.74) is 2.07. The number of furan rings is 1. The van der Waals surface area contributed by atoms with Crippen molar-refractivity contribution in [1.82, 2.24) is 4.98 Å². The molecule has 0 radical (unpaired) electrons. The smallest absolute Gasteiger partial charge is 0.269 e. The van der Waals surface area contributed by atoms with E-state index in [1.165, 1.54) is 12.1 Å². The molecule has 3 aromatic rings. The first-order chi connectivity index (χ1) is 9.63. The second-order valence-corrected chi connectivity index (χ2v) is 5.00. The fourth-order valence-corrected chi connectivity index (χ4v) is 2.14. The number of anilines is 2. The molecule has 1 N–H and O–H groups in total. The van der Waals surface area contributed by atoms with Gasteiger partial charge in [0.25, 0.3) is 5.69 Å². The highest BCUT2D eigenvalue weighted by atomic mass is 79.9. The maximum atomic E-state index is 10.6. The van der Waals surface area contributed by atoms with Crippen LogP contribution in [0.1, 0.15) is 0 Å². The number of pyridine rings is 1. The van der Waals surface area contributed by atoms with E-state index in [4.69, 9.17) is 4.42 Å². The molecule has 0 aliphatic carbocycles. The highest BCUT2D eigenvalue weighted by molar-refractivity contribution is 9.10. The maximum Gasteiger partial charge on any atom is 0.269 e. The molecule has 100 valence electrons. The van der Waals surface area contributed by atoms with E-state index in [1.54, 1.807) is 24.6 Å². The molecule has 0 atom stereocenters. The molecular weight excluding hydrogens is 326 g/mol. The van der Waals surface area contributed by atoms with Crippen molar-refractivity contribution in [3.05, 3.63) is 57.4 Å². The van der Waals surface area contributed by atoms with E-state index < -0.39 is 4.92 Å². The summed E-state index contributed by atoms with van der Waals surface area (Å²) in [6.07, 6.45) is 3.22. The number of nitro benzene ring substituents is 1. The van der Waals surface area contributed by atoms with Crippen molar-refractivity contribution in [2.75, 3.05) is 5.32 Å². The lowest BCUT2D eigenvalue weighted by Gasteiger charge is -2.03. The zero-order valence-electron chi connectivity index (χ0n) is 10.0. The summed E-state index contributed by atoms with van der Waals surface area (Å²) in [6.45, 7) is 0. The van der Waals surface area contributed by atoms with Gasteiger partial charge in [0.2, 0.25) is 5.71 Å². The monoisotopic (exact) mass is 333 g/mol. The molecule has 2 aromatic heterocycles. The lowest BCUT2D eigenvalue weighted by atomic mass is 10.2. The predicted molar refractivity (Wildman–Crippen MR) is 78.1 cm³/mol. The zero-order valence-corrected chi connectivity index (χ0v) is 11.6. The van der Waals surface area contributed by atoms with Crippen LogP contribution in [0.4, 0.5) is 17.1 Å². The highest BCUT2D eigenvalue weighted by Crippen LogP contribution is 2.29. The van der Waals surface area contributed by atoms with E-state index in [-0.39, 0.29) is 5.69 Å². The van der Waals surface area contributed by atoms with Gasteiger partial charge in [0, 0.05) is 28.5 Å². The Morgan fingerprint density at radius 3 is 2.75 bits per heavy atom. The van der Waals surface area contributed by atoms with Gasteiger partial charge in [-0.15, -0.1) is 0 Å². The molecule has 1 aromatic carbocycles. The van der Waals surface area contributed by atoms with Gasteiger partial charge in [-0.05, 0) is 34.1 Å². The normalized spacial score (nSPS) is 10.7. The minimum atomic E-state index is -0.432. The predicted octanol–water partition coefficient (Wildman–Crippen LogP) is 4.24. The van der Waals surface area contributed by atoms with E-state index in [2.05, 4.69) is 26.2 Å². The van der Waals surface area contributed by atoms with Gasteiger partial charge >= 0.3 is 0 Å². The first-order valence-corrected chi connectivity index (χ1v) is 6.47. The number of nitrogens with one attached hydrogen (secondary N) is 1. The second-order valence-electron chi connectivity index (χ2n) is 4.08. The van der Waals surface area contributed by atoms with Crippen molar-refractivity contribution in [2.45, 2.75) is 0 Å². The molecule has 0 aliphatic rings. The van der Waals surface area contributed by atoms with Crippen molar-refractivity contribution in [1.29, 1.82) is 0 Å². The average molecular weight is 334 g/mol. The number of benzene rings is 1. The minimum Gasteiger partial charge on any atom is -0.444 e. The number of nitrogens with zero attached hydrogens (tertiary/aromatic N) is 2.